The Bertz CT molecular complexity index is 1820. The van der Waals surface area contributed by atoms with Crippen LogP contribution in [0, 0.1) is 0 Å². The summed E-state index contributed by atoms with van der Waals surface area (Å²) in [7, 11) is 0. The highest BCUT2D eigenvalue weighted by atomic mass is 16.5. The summed E-state index contributed by atoms with van der Waals surface area (Å²) >= 11 is 0. The van der Waals surface area contributed by atoms with Crippen LogP contribution in [0.5, 0.6) is 23.0 Å². The molecule has 0 spiro atoms. The molecule has 1 unspecified atom stereocenters. The van der Waals surface area contributed by atoms with Crippen LogP contribution in [0.15, 0.2) is 84.9 Å². The first-order valence-electron chi connectivity index (χ1n) is 15.9. The van der Waals surface area contributed by atoms with Crippen molar-refractivity contribution in [3.05, 3.63) is 118 Å². The summed E-state index contributed by atoms with van der Waals surface area (Å²) in [5.41, 5.74) is 4.09. The SMILES string of the molecule is O=C1NCCCOc2cccc(c2)C2c3ccc(cc3CCN2C(=O)c2ccc(C(=O)N3CCOCC3)cc2)Oc2ccc(O)c1c2. The van der Waals surface area contributed by atoms with Gasteiger partial charge in [0, 0.05) is 37.3 Å². The zero-order valence-electron chi connectivity index (χ0n) is 25.8. The monoisotopic (exact) mass is 633 g/mol. The maximum absolute atomic E-state index is 14.2. The van der Waals surface area contributed by atoms with Gasteiger partial charge in [0.1, 0.15) is 23.0 Å². The minimum Gasteiger partial charge on any atom is -0.507 e. The van der Waals surface area contributed by atoms with Gasteiger partial charge < -0.3 is 34.4 Å². The average molecular weight is 634 g/mol. The summed E-state index contributed by atoms with van der Waals surface area (Å²) in [5.74, 6) is 0.936. The van der Waals surface area contributed by atoms with Crippen molar-refractivity contribution >= 4 is 17.7 Å². The van der Waals surface area contributed by atoms with Gasteiger partial charge in [-0.3, -0.25) is 14.4 Å². The number of aromatic hydroxyl groups is 1. The van der Waals surface area contributed by atoms with E-state index < -0.39 is 11.9 Å². The summed E-state index contributed by atoms with van der Waals surface area (Å²) in [6.45, 7) is 3.33. The minimum absolute atomic E-state index is 0.0659. The molecule has 1 fully saturated rings. The molecule has 8 rings (SSSR count). The number of carbonyl (C=O) groups excluding carboxylic acids is 3. The molecule has 0 saturated carbocycles. The maximum atomic E-state index is 14.2. The fraction of sp³-hybridized carbons (Fsp3) is 0.270. The number of nitrogens with zero attached hydrogens (tertiary/aromatic N) is 2. The van der Waals surface area contributed by atoms with Gasteiger partial charge in [0.05, 0.1) is 31.4 Å². The lowest BCUT2D eigenvalue weighted by molar-refractivity contribution is 0.0303. The maximum Gasteiger partial charge on any atom is 0.255 e. The smallest absolute Gasteiger partial charge is 0.255 e. The van der Waals surface area contributed by atoms with Crippen molar-refractivity contribution in [2.24, 2.45) is 0 Å². The number of phenols is 1. The van der Waals surface area contributed by atoms with E-state index in [0.717, 1.165) is 16.7 Å². The Morgan fingerprint density at radius 2 is 1.53 bits per heavy atom. The Labute approximate surface area is 272 Å². The van der Waals surface area contributed by atoms with E-state index in [1.165, 1.54) is 12.1 Å². The van der Waals surface area contributed by atoms with E-state index in [-0.39, 0.29) is 23.1 Å². The molecule has 4 heterocycles. The first kappa shape index (κ1) is 30.3. The highest BCUT2D eigenvalue weighted by Crippen LogP contribution is 2.39. The van der Waals surface area contributed by atoms with Gasteiger partial charge in [-0.15, -0.1) is 0 Å². The molecule has 3 amide bonds. The summed E-state index contributed by atoms with van der Waals surface area (Å²) < 4.78 is 17.6. The Hall–Kier alpha value is -5.35. The number of benzene rings is 4. The Kier molecular flexibility index (Phi) is 8.50. The van der Waals surface area contributed by atoms with Gasteiger partial charge >= 0.3 is 0 Å². The summed E-state index contributed by atoms with van der Waals surface area (Å²) in [4.78, 5) is 43.6. The second-order valence-corrected chi connectivity index (χ2v) is 11.8. The van der Waals surface area contributed by atoms with E-state index in [0.29, 0.717) is 87.2 Å². The Morgan fingerprint density at radius 1 is 0.787 bits per heavy atom. The zero-order chi connectivity index (χ0) is 32.3. The van der Waals surface area contributed by atoms with Crippen LogP contribution < -0.4 is 14.8 Å². The molecule has 4 aromatic carbocycles. The van der Waals surface area contributed by atoms with Crippen LogP contribution in [0.2, 0.25) is 0 Å². The van der Waals surface area contributed by atoms with E-state index in [9.17, 15) is 19.5 Å². The van der Waals surface area contributed by atoms with Crippen LogP contribution in [0.4, 0.5) is 0 Å². The van der Waals surface area contributed by atoms with E-state index in [1.54, 1.807) is 35.2 Å². The van der Waals surface area contributed by atoms with Gasteiger partial charge in [-0.25, -0.2) is 0 Å². The lowest BCUT2D eigenvalue weighted by Crippen LogP contribution is -2.41. The lowest BCUT2D eigenvalue weighted by atomic mass is 9.87. The van der Waals surface area contributed by atoms with Crippen molar-refractivity contribution in [1.82, 2.24) is 15.1 Å². The molecule has 0 aromatic heterocycles. The molecular weight excluding hydrogens is 598 g/mol. The second kappa shape index (κ2) is 13.2. The van der Waals surface area contributed by atoms with Crippen LogP contribution in [0.1, 0.15) is 60.2 Å². The summed E-state index contributed by atoms with van der Waals surface area (Å²) in [6.07, 6.45) is 1.15. The van der Waals surface area contributed by atoms with Crippen LogP contribution in [0.25, 0.3) is 0 Å². The summed E-state index contributed by atoms with van der Waals surface area (Å²) in [5, 5.41) is 13.2. The molecule has 240 valence electrons. The van der Waals surface area contributed by atoms with Gasteiger partial charge in [-0.1, -0.05) is 18.2 Å². The van der Waals surface area contributed by atoms with Gasteiger partial charge in [0.25, 0.3) is 17.7 Å². The number of phenolic OH excluding ortho intramolecular Hbond substituents is 1. The van der Waals surface area contributed by atoms with Crippen molar-refractivity contribution in [3.63, 3.8) is 0 Å². The van der Waals surface area contributed by atoms with Gasteiger partial charge in [0.15, 0.2) is 0 Å². The number of hydrogen-bond acceptors (Lipinski definition) is 7. The third-order valence-electron chi connectivity index (χ3n) is 8.78. The fourth-order valence-electron chi connectivity index (χ4n) is 6.35. The van der Waals surface area contributed by atoms with Crippen molar-refractivity contribution < 1.29 is 33.7 Å². The van der Waals surface area contributed by atoms with E-state index in [1.807, 2.05) is 47.4 Å². The number of nitrogens with one attached hydrogen (secondary N) is 1. The molecule has 10 nitrogen and oxygen atoms in total. The molecule has 10 heteroatoms. The van der Waals surface area contributed by atoms with Crippen molar-refractivity contribution in [1.29, 1.82) is 0 Å². The number of carbonyl (C=O) groups is 3. The first-order chi connectivity index (χ1) is 22.9. The Balaban J connectivity index is 1.22. The average Bonchev–Trinajstić information content (AvgIpc) is 3.11. The molecular formula is C37H35N3O7. The third-order valence-corrected chi connectivity index (χ3v) is 8.78. The molecule has 47 heavy (non-hydrogen) atoms. The molecule has 4 aromatic rings. The highest BCUT2D eigenvalue weighted by Gasteiger charge is 2.33. The molecule has 8 bridgehead atoms. The molecule has 1 saturated heterocycles. The van der Waals surface area contributed by atoms with Crippen LogP contribution in [-0.2, 0) is 11.2 Å². The minimum atomic E-state index is -0.396. The van der Waals surface area contributed by atoms with Crippen LogP contribution in [-0.4, -0.2) is 78.6 Å². The molecule has 1 atom stereocenters. The molecule has 4 aliphatic heterocycles. The quantitative estimate of drug-likeness (QED) is 0.321. The molecule has 0 radical (unpaired) electrons. The molecule has 2 N–H and O–H groups in total. The third kappa shape index (κ3) is 6.37. The zero-order valence-corrected chi connectivity index (χ0v) is 25.8. The van der Waals surface area contributed by atoms with E-state index >= 15 is 0 Å². The van der Waals surface area contributed by atoms with Gasteiger partial charge in [0.2, 0.25) is 0 Å². The first-order valence-corrected chi connectivity index (χ1v) is 15.9. The largest absolute Gasteiger partial charge is 0.507 e. The summed E-state index contributed by atoms with van der Waals surface area (Å²) in [6, 6.07) is 24.6. The number of rotatable bonds is 2. The standard InChI is InChI=1S/C37H35N3O7/c41-33-12-10-30-23-32(33)35(42)38-14-2-18-46-28-4-1-3-27(22-28)34-31-11-9-29(47-30)21-26(31)13-15-40(34)37(44)25-7-5-24(6-8-25)36(43)39-16-19-45-20-17-39/h1,3-12,21-23,34,41H,2,13-20H2,(H,38,42). The second-order valence-electron chi connectivity index (χ2n) is 11.8. The fourth-order valence-corrected chi connectivity index (χ4v) is 6.35. The number of amides is 3. The number of fused-ring (bicyclic) bond motifs is 6. The van der Waals surface area contributed by atoms with E-state index in [4.69, 9.17) is 14.2 Å². The number of ether oxygens (including phenoxy) is 3. The topological polar surface area (TPSA) is 118 Å². The van der Waals surface area contributed by atoms with Crippen molar-refractivity contribution in [2.45, 2.75) is 18.9 Å². The highest BCUT2D eigenvalue weighted by molar-refractivity contribution is 5.98. The van der Waals surface area contributed by atoms with Crippen molar-refractivity contribution in [2.75, 3.05) is 46.0 Å². The Morgan fingerprint density at radius 3 is 2.34 bits per heavy atom. The van der Waals surface area contributed by atoms with E-state index in [2.05, 4.69) is 5.32 Å². The predicted octanol–water partition coefficient (Wildman–Crippen LogP) is 4.96. The van der Waals surface area contributed by atoms with Crippen LogP contribution in [0.3, 0.4) is 0 Å². The lowest BCUT2D eigenvalue weighted by Gasteiger charge is -2.38. The van der Waals surface area contributed by atoms with Gasteiger partial charge in [-0.2, -0.15) is 0 Å². The van der Waals surface area contributed by atoms with Gasteiger partial charge in [-0.05, 0) is 96.3 Å². The number of hydrogen-bond donors (Lipinski definition) is 2. The predicted molar refractivity (Wildman–Crippen MR) is 173 cm³/mol. The molecule has 0 aliphatic carbocycles. The van der Waals surface area contributed by atoms with Crippen molar-refractivity contribution in [3.8, 4) is 23.0 Å². The molecule has 4 aliphatic rings. The van der Waals surface area contributed by atoms with Crippen LogP contribution >= 0.6 is 0 Å². The normalized spacial score (nSPS) is 17.9. The number of morpholine rings is 1.